The molecule has 1 saturated heterocycles. The number of esters is 1. The highest BCUT2D eigenvalue weighted by Gasteiger charge is 2.43. The summed E-state index contributed by atoms with van der Waals surface area (Å²) in [5.74, 6) is -0.238. The van der Waals surface area contributed by atoms with Gasteiger partial charge < -0.3 is 24.8 Å². The second-order valence-electron chi connectivity index (χ2n) is 5.97. The van der Waals surface area contributed by atoms with Gasteiger partial charge in [0.25, 0.3) is 0 Å². The van der Waals surface area contributed by atoms with Gasteiger partial charge in [-0.15, -0.1) is 0 Å². The van der Waals surface area contributed by atoms with E-state index in [1.54, 1.807) is 23.9 Å². The fraction of sp³-hybridized carbons (Fsp3) is 0.857. The number of carbonyl (C=O) groups excluding carboxylic acids is 2. The first-order valence-corrected chi connectivity index (χ1v) is 7.27. The Morgan fingerprint density at radius 3 is 2.19 bits per heavy atom. The molecule has 2 amide bonds. The summed E-state index contributed by atoms with van der Waals surface area (Å²) >= 11 is 0. The Kier molecular flexibility index (Phi) is 6.42. The third kappa shape index (κ3) is 4.57. The van der Waals surface area contributed by atoms with E-state index in [1.165, 1.54) is 7.11 Å². The molecule has 1 aliphatic rings. The lowest BCUT2D eigenvalue weighted by atomic mass is 9.87. The van der Waals surface area contributed by atoms with Crippen LogP contribution in [-0.4, -0.2) is 93.7 Å². The van der Waals surface area contributed by atoms with Gasteiger partial charge in [-0.2, -0.15) is 0 Å². The van der Waals surface area contributed by atoms with E-state index in [-0.39, 0.29) is 12.0 Å². The molecule has 21 heavy (non-hydrogen) atoms. The van der Waals surface area contributed by atoms with Crippen LogP contribution in [0, 0.1) is 0 Å². The molecule has 7 heteroatoms. The summed E-state index contributed by atoms with van der Waals surface area (Å²) in [5, 5.41) is 3.34. The zero-order valence-corrected chi connectivity index (χ0v) is 13.8. The van der Waals surface area contributed by atoms with Crippen molar-refractivity contribution in [1.82, 2.24) is 20.0 Å². The molecule has 0 aromatic heterocycles. The number of hydrogen-bond acceptors (Lipinski definition) is 5. The molecule has 1 aliphatic heterocycles. The molecule has 122 valence electrons. The Balaban J connectivity index is 2.66. The van der Waals surface area contributed by atoms with E-state index in [0.717, 1.165) is 6.54 Å². The van der Waals surface area contributed by atoms with E-state index in [1.807, 2.05) is 14.1 Å². The Morgan fingerprint density at radius 2 is 1.76 bits per heavy atom. The molecular formula is C14H28N4O3. The van der Waals surface area contributed by atoms with Crippen LogP contribution in [0.1, 0.15) is 12.8 Å². The summed E-state index contributed by atoms with van der Waals surface area (Å²) in [6.07, 6.45) is 1.15. The molecule has 1 N–H and O–H groups in total. The van der Waals surface area contributed by atoms with E-state index < -0.39 is 5.54 Å². The lowest BCUT2D eigenvalue weighted by molar-refractivity contribution is -0.150. The third-order valence-electron chi connectivity index (χ3n) is 3.87. The number of hydrogen-bond donors (Lipinski definition) is 1. The summed E-state index contributed by atoms with van der Waals surface area (Å²) in [5.41, 5.74) is -0.673. The molecule has 1 fully saturated rings. The number of likely N-dealkylation sites (N-methyl/N-ethyl adjacent to an activating group) is 1. The number of nitrogens with one attached hydrogen (secondary N) is 1. The van der Waals surface area contributed by atoms with Crippen molar-refractivity contribution in [2.45, 2.75) is 18.4 Å². The number of ether oxygens (including phenoxy) is 1. The summed E-state index contributed by atoms with van der Waals surface area (Å²) in [7, 11) is 8.87. The largest absolute Gasteiger partial charge is 0.468 e. The van der Waals surface area contributed by atoms with Crippen molar-refractivity contribution in [1.29, 1.82) is 0 Å². The number of methoxy groups -OCH3 is 1. The van der Waals surface area contributed by atoms with E-state index >= 15 is 0 Å². The molecule has 0 aromatic rings. The second-order valence-corrected chi connectivity index (χ2v) is 5.97. The Labute approximate surface area is 127 Å². The quantitative estimate of drug-likeness (QED) is 0.714. The third-order valence-corrected chi connectivity index (χ3v) is 3.87. The average molecular weight is 300 g/mol. The molecule has 1 heterocycles. The van der Waals surface area contributed by atoms with Crippen molar-refractivity contribution in [2.75, 3.05) is 61.5 Å². The summed E-state index contributed by atoms with van der Waals surface area (Å²) in [6, 6.07) is -0.0123. The van der Waals surface area contributed by atoms with Gasteiger partial charge in [-0.05, 0) is 26.9 Å². The molecule has 0 atom stereocenters. The maximum atomic E-state index is 12.2. The van der Waals surface area contributed by atoms with Gasteiger partial charge in [-0.25, -0.2) is 4.79 Å². The van der Waals surface area contributed by atoms with Crippen LogP contribution < -0.4 is 5.32 Å². The van der Waals surface area contributed by atoms with Gasteiger partial charge in [0.2, 0.25) is 0 Å². The van der Waals surface area contributed by atoms with Crippen molar-refractivity contribution < 1.29 is 14.3 Å². The molecule has 7 nitrogen and oxygen atoms in total. The van der Waals surface area contributed by atoms with Crippen molar-refractivity contribution in [3.05, 3.63) is 0 Å². The van der Waals surface area contributed by atoms with Crippen LogP contribution in [0.4, 0.5) is 4.79 Å². The van der Waals surface area contributed by atoms with Gasteiger partial charge in [0.15, 0.2) is 0 Å². The van der Waals surface area contributed by atoms with Gasteiger partial charge in [0, 0.05) is 40.3 Å². The molecule has 0 aliphatic carbocycles. The van der Waals surface area contributed by atoms with Crippen molar-refractivity contribution >= 4 is 12.0 Å². The van der Waals surface area contributed by atoms with Gasteiger partial charge >= 0.3 is 12.0 Å². The van der Waals surface area contributed by atoms with Crippen LogP contribution in [0.5, 0.6) is 0 Å². The number of urea groups is 1. The Bertz CT molecular complexity index is 363. The number of rotatable bonds is 5. The highest BCUT2D eigenvalue weighted by atomic mass is 16.5. The molecule has 0 spiro atoms. The van der Waals surface area contributed by atoms with Gasteiger partial charge in [0.1, 0.15) is 5.54 Å². The molecule has 1 rings (SSSR count). The Morgan fingerprint density at radius 1 is 1.19 bits per heavy atom. The molecule has 0 radical (unpaired) electrons. The lowest BCUT2D eigenvalue weighted by Gasteiger charge is -2.41. The van der Waals surface area contributed by atoms with Crippen LogP contribution in [0.2, 0.25) is 0 Å². The van der Waals surface area contributed by atoms with Gasteiger partial charge in [-0.1, -0.05) is 0 Å². The van der Waals surface area contributed by atoms with Crippen molar-refractivity contribution in [2.24, 2.45) is 0 Å². The first-order valence-electron chi connectivity index (χ1n) is 7.27. The maximum absolute atomic E-state index is 12.2. The monoisotopic (exact) mass is 300 g/mol. The SMILES string of the molecule is COC(=O)C1(NCCN(C)C)CCN(C(=O)N(C)C)CC1. The van der Waals surface area contributed by atoms with Crippen LogP contribution in [0.25, 0.3) is 0 Å². The van der Waals surface area contributed by atoms with E-state index in [0.29, 0.717) is 32.5 Å². The number of nitrogens with zero attached hydrogens (tertiary/aromatic N) is 3. The number of likely N-dealkylation sites (tertiary alicyclic amines) is 1. The summed E-state index contributed by atoms with van der Waals surface area (Å²) < 4.78 is 4.96. The topological polar surface area (TPSA) is 65.1 Å². The fourth-order valence-corrected chi connectivity index (χ4v) is 2.53. The normalized spacial score (nSPS) is 17.7. The number of piperidine rings is 1. The summed E-state index contributed by atoms with van der Waals surface area (Å²) in [6.45, 7) is 2.67. The van der Waals surface area contributed by atoms with Crippen LogP contribution >= 0.6 is 0 Å². The zero-order valence-electron chi connectivity index (χ0n) is 13.8. The predicted molar refractivity (Wildman–Crippen MR) is 81.2 cm³/mol. The smallest absolute Gasteiger partial charge is 0.326 e. The minimum atomic E-state index is -0.673. The number of amides is 2. The minimum absolute atomic E-state index is 0.0123. The standard InChI is InChI=1S/C14H28N4O3/c1-16(2)11-8-15-14(12(19)21-5)6-9-18(10-7-14)13(20)17(3)4/h15H,6-11H2,1-5H3. The first kappa shape index (κ1) is 17.7. The van der Waals surface area contributed by atoms with E-state index in [4.69, 9.17) is 4.74 Å². The van der Waals surface area contributed by atoms with Gasteiger partial charge in [0.05, 0.1) is 7.11 Å². The van der Waals surface area contributed by atoms with Crippen LogP contribution in [0.15, 0.2) is 0 Å². The highest BCUT2D eigenvalue weighted by Crippen LogP contribution is 2.24. The molecule has 0 aromatic carbocycles. The molecule has 0 bridgehead atoms. The molecular weight excluding hydrogens is 272 g/mol. The van der Waals surface area contributed by atoms with E-state index in [2.05, 4.69) is 10.2 Å². The van der Waals surface area contributed by atoms with Gasteiger partial charge in [-0.3, -0.25) is 4.79 Å². The summed E-state index contributed by atoms with van der Waals surface area (Å²) in [4.78, 5) is 29.5. The van der Waals surface area contributed by atoms with Crippen molar-refractivity contribution in [3.8, 4) is 0 Å². The minimum Gasteiger partial charge on any atom is -0.468 e. The molecule has 0 unspecified atom stereocenters. The second kappa shape index (κ2) is 7.61. The molecule has 0 saturated carbocycles. The first-order chi connectivity index (χ1) is 9.82. The number of carbonyl (C=O) groups is 2. The van der Waals surface area contributed by atoms with Crippen LogP contribution in [-0.2, 0) is 9.53 Å². The fourth-order valence-electron chi connectivity index (χ4n) is 2.53. The van der Waals surface area contributed by atoms with Crippen LogP contribution in [0.3, 0.4) is 0 Å². The van der Waals surface area contributed by atoms with E-state index in [9.17, 15) is 9.59 Å². The predicted octanol–water partition coefficient (Wildman–Crippen LogP) is -0.173. The maximum Gasteiger partial charge on any atom is 0.326 e. The highest BCUT2D eigenvalue weighted by molar-refractivity contribution is 5.82. The zero-order chi connectivity index (χ0) is 16.0. The lowest BCUT2D eigenvalue weighted by Crippen LogP contribution is -2.61. The Hall–Kier alpha value is -1.34. The van der Waals surface area contributed by atoms with Crippen molar-refractivity contribution in [3.63, 3.8) is 0 Å². The average Bonchev–Trinajstić information content (AvgIpc) is 2.45.